The van der Waals surface area contributed by atoms with Gasteiger partial charge in [0.15, 0.2) is 5.88 Å². The molecule has 308 valence electrons. The van der Waals surface area contributed by atoms with Gasteiger partial charge in [-0.25, -0.2) is 13.2 Å². The van der Waals surface area contributed by atoms with Crippen LogP contribution in [-0.4, -0.2) is 90.4 Å². The molecule has 4 amide bonds. The van der Waals surface area contributed by atoms with Crippen molar-refractivity contribution in [3.05, 3.63) is 59.4 Å². The zero-order valence-electron chi connectivity index (χ0n) is 33.0. The van der Waals surface area contributed by atoms with E-state index < -0.39 is 74.1 Å². The molecule has 0 unspecified atom stereocenters. The second-order valence-corrected chi connectivity index (χ2v) is 19.1. The van der Waals surface area contributed by atoms with Crippen LogP contribution in [-0.2, 0) is 35.7 Å². The fourth-order valence-electron chi connectivity index (χ4n) is 8.44. The number of aromatic nitrogens is 1. The molecule has 1 saturated heterocycles. The lowest BCUT2D eigenvalue weighted by molar-refractivity contribution is -0.143. The highest BCUT2D eigenvalue weighted by Crippen LogP contribution is 2.45. The molecule has 16 heteroatoms. The van der Waals surface area contributed by atoms with E-state index in [1.807, 2.05) is 6.08 Å². The lowest BCUT2D eigenvalue weighted by Crippen LogP contribution is -2.60. The molecule has 15 nitrogen and oxygen atoms in total. The molecular weight excluding hydrogens is 755 g/mol. The highest BCUT2D eigenvalue weighted by atomic mass is 32.2. The van der Waals surface area contributed by atoms with E-state index in [9.17, 15) is 32.4 Å². The van der Waals surface area contributed by atoms with Gasteiger partial charge in [0.25, 0.3) is 11.5 Å². The zero-order chi connectivity index (χ0) is 40.9. The number of methoxy groups -OCH3 is 1. The van der Waals surface area contributed by atoms with Crippen LogP contribution < -0.4 is 30.4 Å². The first kappa shape index (κ1) is 40.3. The number of pyridine rings is 1. The fourth-order valence-corrected chi connectivity index (χ4v) is 9.80. The summed E-state index contributed by atoms with van der Waals surface area (Å²) in [6.45, 7) is 9.36. The van der Waals surface area contributed by atoms with Gasteiger partial charge in [0.05, 0.1) is 18.9 Å². The Morgan fingerprint density at radius 1 is 1.07 bits per heavy atom. The molecule has 3 aliphatic carbocycles. The Hall–Kier alpha value is -4.86. The van der Waals surface area contributed by atoms with E-state index in [1.165, 1.54) is 18.1 Å². The van der Waals surface area contributed by atoms with Gasteiger partial charge < -0.3 is 29.7 Å². The summed E-state index contributed by atoms with van der Waals surface area (Å²) in [6, 6.07) is 4.58. The largest absolute Gasteiger partial charge is 0.497 e. The Kier molecular flexibility index (Phi) is 11.0. The van der Waals surface area contributed by atoms with E-state index in [2.05, 4.69) is 28.0 Å². The van der Waals surface area contributed by atoms with Crippen molar-refractivity contribution in [2.75, 3.05) is 13.7 Å². The first-order valence-electron chi connectivity index (χ1n) is 19.9. The number of hydrogen-bond donors (Lipinski definition) is 3. The normalized spacial score (nSPS) is 30.0. The summed E-state index contributed by atoms with van der Waals surface area (Å²) in [5, 5.41) is 6.01. The van der Waals surface area contributed by atoms with Crippen LogP contribution in [0.25, 0.3) is 10.8 Å². The number of nitrogens with zero attached hydrogens (tertiary/aromatic N) is 2. The van der Waals surface area contributed by atoms with Crippen molar-refractivity contribution in [2.24, 2.45) is 17.3 Å². The molecule has 4 fully saturated rings. The van der Waals surface area contributed by atoms with Gasteiger partial charge in [0, 0.05) is 30.3 Å². The maximum absolute atomic E-state index is 14.7. The minimum absolute atomic E-state index is 0.0380. The van der Waals surface area contributed by atoms with Crippen LogP contribution in [0.15, 0.2) is 53.9 Å². The van der Waals surface area contributed by atoms with E-state index in [0.29, 0.717) is 48.6 Å². The molecule has 2 bridgehead atoms. The van der Waals surface area contributed by atoms with Crippen molar-refractivity contribution in [3.63, 3.8) is 0 Å². The summed E-state index contributed by atoms with van der Waals surface area (Å²) in [7, 11) is -2.39. The van der Waals surface area contributed by atoms with Gasteiger partial charge in [-0.1, -0.05) is 39.0 Å². The van der Waals surface area contributed by atoms with Gasteiger partial charge in [-0.05, 0) is 86.3 Å². The molecule has 57 heavy (non-hydrogen) atoms. The Morgan fingerprint density at radius 2 is 1.84 bits per heavy atom. The monoisotopic (exact) mass is 807 g/mol. The molecule has 7 atom stereocenters. The third-order valence-electron chi connectivity index (χ3n) is 12.0. The van der Waals surface area contributed by atoms with Crippen LogP contribution in [0.3, 0.4) is 0 Å². The van der Waals surface area contributed by atoms with Gasteiger partial charge in [-0.15, -0.1) is 6.58 Å². The molecule has 0 spiro atoms. The second kappa shape index (κ2) is 15.5. The summed E-state index contributed by atoms with van der Waals surface area (Å²) in [5.74, 6) is -1.79. The molecule has 0 radical (unpaired) electrons. The lowest BCUT2D eigenvalue weighted by atomic mass is 9.85. The Bertz CT molecular complexity index is 2160. The molecule has 7 rings (SSSR count). The first-order valence-corrected chi connectivity index (χ1v) is 21.4. The van der Waals surface area contributed by atoms with Gasteiger partial charge in [-0.3, -0.25) is 28.5 Å². The van der Waals surface area contributed by atoms with Gasteiger partial charge in [0.2, 0.25) is 21.8 Å². The number of benzene rings is 1. The molecule has 5 aliphatic rings. The number of alkyl carbamates (subject to hydrolysis) is 1. The van der Waals surface area contributed by atoms with Gasteiger partial charge in [0.1, 0.15) is 35.6 Å². The van der Waals surface area contributed by atoms with Gasteiger partial charge in [-0.2, -0.15) is 0 Å². The minimum atomic E-state index is -3.93. The van der Waals surface area contributed by atoms with Crippen molar-refractivity contribution in [1.82, 2.24) is 24.8 Å². The number of carbonyl (C=O) groups excluding carboxylic acids is 4. The summed E-state index contributed by atoms with van der Waals surface area (Å²) < 4.78 is 47.2. The highest BCUT2D eigenvalue weighted by molar-refractivity contribution is 7.91. The SMILES string of the molecule is C=C[C@@H]1C[C@]1(NC(=O)[C@@H]1C[C@@H]2CN1C(=O)[C@H](C(C)(C)C)NC(=O)O[C@@H]1CCC[C@H]1C/C=C/CCn1c(cc3cc(OC)ccc3c1=O)O2)C(=O)NS(=O)(=O)C1CC1. The molecule has 2 aliphatic heterocycles. The Labute approximate surface area is 332 Å². The Morgan fingerprint density at radius 3 is 2.53 bits per heavy atom. The summed E-state index contributed by atoms with van der Waals surface area (Å²) in [5.41, 5.74) is -2.70. The highest BCUT2D eigenvalue weighted by Gasteiger charge is 2.62. The predicted octanol–water partition coefficient (Wildman–Crippen LogP) is 3.69. The molecule has 3 heterocycles. The summed E-state index contributed by atoms with van der Waals surface area (Å²) in [4.78, 5) is 71.7. The number of hydrogen-bond acceptors (Lipinski definition) is 10. The fraction of sp³-hybridized carbons (Fsp3) is 0.585. The Balaban J connectivity index is 1.26. The lowest BCUT2D eigenvalue weighted by Gasteiger charge is -2.35. The quantitative estimate of drug-likeness (QED) is 0.348. The number of sulfonamides is 1. The van der Waals surface area contributed by atoms with Crippen molar-refractivity contribution in [1.29, 1.82) is 0 Å². The van der Waals surface area contributed by atoms with E-state index in [1.54, 1.807) is 49.6 Å². The van der Waals surface area contributed by atoms with Crippen LogP contribution in [0.5, 0.6) is 11.6 Å². The van der Waals surface area contributed by atoms with E-state index >= 15 is 0 Å². The number of allylic oxidation sites excluding steroid dienone is 2. The average molecular weight is 808 g/mol. The second-order valence-electron chi connectivity index (χ2n) is 17.1. The van der Waals surface area contributed by atoms with Crippen molar-refractivity contribution in [2.45, 2.75) is 120 Å². The number of rotatable bonds is 7. The molecule has 3 N–H and O–H groups in total. The van der Waals surface area contributed by atoms with Crippen LogP contribution >= 0.6 is 0 Å². The first-order chi connectivity index (χ1) is 27.0. The zero-order valence-corrected chi connectivity index (χ0v) is 33.8. The third kappa shape index (κ3) is 8.28. The number of ether oxygens (including phenoxy) is 3. The molecule has 1 aromatic heterocycles. The van der Waals surface area contributed by atoms with Gasteiger partial charge >= 0.3 is 6.09 Å². The standard InChI is InChI=1S/C41H53N5O10S/c1-6-26-22-41(26,38(50)44-57(52,53)29-15-16-29)43-35(47)31-21-28-23-46(31)37(49)34(40(2,3)4)42-39(51)56-32-13-10-12-24(32)11-8-7-9-18-45-33(55-28)20-25-19-27(54-5)14-17-30(25)36(45)48/h6-8,14,17,19-20,24,26,28-29,31-32,34H,1,9-13,15-16,18,21-23H2,2-5H3,(H,42,51)(H,43,47)(H,44,50)/b8-7+/t24-,26-,28-,31+,32-,34-,41-/m1/s1. The van der Waals surface area contributed by atoms with E-state index in [4.69, 9.17) is 14.2 Å². The van der Waals surface area contributed by atoms with E-state index in [-0.39, 0.29) is 49.4 Å². The average Bonchev–Trinajstić information content (AvgIpc) is 4.05. The maximum atomic E-state index is 14.7. The summed E-state index contributed by atoms with van der Waals surface area (Å²) in [6.07, 6.45) is 8.29. The smallest absolute Gasteiger partial charge is 0.408 e. The maximum Gasteiger partial charge on any atom is 0.408 e. The van der Waals surface area contributed by atoms with Crippen molar-refractivity contribution >= 4 is 44.6 Å². The van der Waals surface area contributed by atoms with Crippen molar-refractivity contribution in [3.8, 4) is 11.6 Å². The number of fused-ring (bicyclic) bond motifs is 5. The predicted molar refractivity (Wildman–Crippen MR) is 211 cm³/mol. The van der Waals surface area contributed by atoms with Crippen molar-refractivity contribution < 1.29 is 41.8 Å². The van der Waals surface area contributed by atoms with Crippen LogP contribution in [0.1, 0.15) is 78.6 Å². The number of carbonyl (C=O) groups is 4. The third-order valence-corrected chi connectivity index (χ3v) is 13.8. The summed E-state index contributed by atoms with van der Waals surface area (Å²) >= 11 is 0. The molecule has 1 aromatic carbocycles. The number of amides is 4. The topological polar surface area (TPSA) is 191 Å². The van der Waals surface area contributed by atoms with Crippen LogP contribution in [0.2, 0.25) is 0 Å². The van der Waals surface area contributed by atoms with E-state index in [0.717, 1.165) is 12.8 Å². The molecular formula is C41H53N5O10S. The number of nitrogens with one attached hydrogen (secondary N) is 3. The minimum Gasteiger partial charge on any atom is -0.497 e. The molecule has 2 aromatic rings. The molecule has 3 saturated carbocycles. The van der Waals surface area contributed by atoms with Crippen LogP contribution in [0.4, 0.5) is 4.79 Å². The van der Waals surface area contributed by atoms with Crippen LogP contribution in [0, 0.1) is 17.3 Å².